The van der Waals surface area contributed by atoms with Crippen LogP contribution in [0.25, 0.3) is 21.9 Å². The first-order chi connectivity index (χ1) is 8.16. The summed E-state index contributed by atoms with van der Waals surface area (Å²) in [6.07, 6.45) is 0. The van der Waals surface area contributed by atoms with E-state index in [1.165, 1.54) is 0 Å². The van der Waals surface area contributed by atoms with Crippen molar-refractivity contribution in [1.82, 2.24) is 0 Å². The van der Waals surface area contributed by atoms with Gasteiger partial charge in [0.1, 0.15) is 11.2 Å². The van der Waals surface area contributed by atoms with Gasteiger partial charge in [-0.15, -0.1) is 0 Å². The molecule has 0 amide bonds. The molecule has 0 spiro atoms. The third-order valence-electron chi connectivity index (χ3n) is 2.87. The van der Waals surface area contributed by atoms with E-state index in [0.29, 0.717) is 27.0 Å². The van der Waals surface area contributed by atoms with E-state index in [1.807, 2.05) is 19.1 Å². The van der Waals surface area contributed by atoms with Gasteiger partial charge in [0.15, 0.2) is 0 Å². The van der Waals surface area contributed by atoms with E-state index in [4.69, 9.17) is 16.0 Å². The van der Waals surface area contributed by atoms with Gasteiger partial charge in [-0.3, -0.25) is 4.79 Å². The van der Waals surface area contributed by atoms with Gasteiger partial charge in [0.25, 0.3) is 0 Å². The first kappa shape index (κ1) is 10.4. The smallest absolute Gasteiger partial charge is 0.200 e. The Hall–Kier alpha value is -1.80. The molecule has 0 aliphatic carbocycles. The minimum Gasteiger partial charge on any atom is -0.456 e. The zero-order chi connectivity index (χ0) is 12.0. The van der Waals surface area contributed by atoms with Crippen LogP contribution >= 0.6 is 11.6 Å². The topological polar surface area (TPSA) is 30.2 Å². The lowest BCUT2D eigenvalue weighted by atomic mass is 10.1. The van der Waals surface area contributed by atoms with E-state index in [1.54, 1.807) is 24.3 Å². The molecular weight excluding hydrogens is 236 g/mol. The fraction of sp³-hybridized carbons (Fsp3) is 0.0714. The predicted octanol–water partition coefficient (Wildman–Crippen LogP) is 3.91. The molecule has 0 saturated heterocycles. The molecule has 84 valence electrons. The molecular formula is C14H9ClO2. The Balaban J connectivity index is 2.62. The zero-order valence-electron chi connectivity index (χ0n) is 9.16. The highest BCUT2D eigenvalue weighted by atomic mass is 35.5. The van der Waals surface area contributed by atoms with Gasteiger partial charge in [-0.05, 0) is 30.7 Å². The second-order valence-corrected chi connectivity index (χ2v) is 4.46. The molecule has 0 N–H and O–H groups in total. The first-order valence-electron chi connectivity index (χ1n) is 5.28. The average molecular weight is 245 g/mol. The minimum atomic E-state index is -0.00369. The van der Waals surface area contributed by atoms with Crippen molar-refractivity contribution in [3.8, 4) is 0 Å². The molecule has 0 bridgehead atoms. The molecule has 3 rings (SSSR count). The van der Waals surface area contributed by atoms with Gasteiger partial charge in [-0.25, -0.2) is 0 Å². The van der Waals surface area contributed by atoms with E-state index in [-0.39, 0.29) is 5.43 Å². The molecule has 0 radical (unpaired) electrons. The summed E-state index contributed by atoms with van der Waals surface area (Å²) in [4.78, 5) is 12.3. The van der Waals surface area contributed by atoms with Crippen molar-refractivity contribution in [3.63, 3.8) is 0 Å². The largest absolute Gasteiger partial charge is 0.456 e. The second kappa shape index (κ2) is 3.60. The Morgan fingerprint density at radius 2 is 1.94 bits per heavy atom. The number of halogens is 1. The fourth-order valence-electron chi connectivity index (χ4n) is 2.04. The maximum Gasteiger partial charge on any atom is 0.200 e. The highest BCUT2D eigenvalue weighted by molar-refractivity contribution is 6.31. The van der Waals surface area contributed by atoms with Gasteiger partial charge < -0.3 is 4.42 Å². The third kappa shape index (κ3) is 1.53. The highest BCUT2D eigenvalue weighted by Crippen LogP contribution is 2.23. The lowest BCUT2D eigenvalue weighted by Gasteiger charge is -2.03. The molecule has 3 heteroatoms. The summed E-state index contributed by atoms with van der Waals surface area (Å²) in [6, 6.07) is 10.6. The van der Waals surface area contributed by atoms with Crippen LogP contribution in [0.15, 0.2) is 45.6 Å². The van der Waals surface area contributed by atoms with Crippen molar-refractivity contribution in [2.45, 2.75) is 6.92 Å². The molecule has 0 aliphatic heterocycles. The van der Waals surface area contributed by atoms with Crippen molar-refractivity contribution in [1.29, 1.82) is 0 Å². The fourth-order valence-corrected chi connectivity index (χ4v) is 2.20. The van der Waals surface area contributed by atoms with Crippen LogP contribution < -0.4 is 5.43 Å². The normalized spacial score (nSPS) is 11.2. The van der Waals surface area contributed by atoms with Crippen molar-refractivity contribution >= 4 is 33.5 Å². The van der Waals surface area contributed by atoms with Crippen LogP contribution in [0.3, 0.4) is 0 Å². The summed E-state index contributed by atoms with van der Waals surface area (Å²) in [7, 11) is 0. The maximum atomic E-state index is 12.3. The molecule has 1 aromatic heterocycles. The minimum absolute atomic E-state index is 0.00369. The van der Waals surface area contributed by atoms with Gasteiger partial charge in [-0.2, -0.15) is 0 Å². The Morgan fingerprint density at radius 3 is 2.76 bits per heavy atom. The highest BCUT2D eigenvalue weighted by Gasteiger charge is 2.09. The monoisotopic (exact) mass is 244 g/mol. The van der Waals surface area contributed by atoms with Gasteiger partial charge in [-0.1, -0.05) is 23.7 Å². The van der Waals surface area contributed by atoms with Crippen LogP contribution in [0.5, 0.6) is 0 Å². The summed E-state index contributed by atoms with van der Waals surface area (Å²) < 4.78 is 5.70. The first-order valence-corrected chi connectivity index (χ1v) is 5.66. The summed E-state index contributed by atoms with van der Waals surface area (Å²) in [5.41, 5.74) is 2.05. The molecule has 2 aromatic carbocycles. The Bertz CT molecular complexity index is 786. The number of benzene rings is 2. The van der Waals surface area contributed by atoms with Crippen molar-refractivity contribution in [3.05, 3.63) is 57.2 Å². The molecule has 1 heterocycles. The van der Waals surface area contributed by atoms with Crippen LogP contribution in [-0.2, 0) is 0 Å². The average Bonchev–Trinajstić information content (AvgIpc) is 2.28. The SMILES string of the molecule is Cc1cccc2oc3cc(Cl)ccc3c(=O)c12. The van der Waals surface area contributed by atoms with Gasteiger partial charge in [0.2, 0.25) is 5.43 Å². The van der Waals surface area contributed by atoms with Crippen LogP contribution in [0, 0.1) is 6.92 Å². The number of rotatable bonds is 0. The van der Waals surface area contributed by atoms with Crippen molar-refractivity contribution < 1.29 is 4.42 Å². The number of fused-ring (bicyclic) bond motifs is 2. The van der Waals surface area contributed by atoms with Gasteiger partial charge in [0, 0.05) is 11.1 Å². The molecule has 0 unspecified atom stereocenters. The molecule has 0 saturated carbocycles. The van der Waals surface area contributed by atoms with Crippen LogP contribution in [0.2, 0.25) is 5.02 Å². The number of aryl methyl sites for hydroxylation is 1. The lowest BCUT2D eigenvalue weighted by molar-refractivity contribution is 0.659. The maximum absolute atomic E-state index is 12.3. The molecule has 17 heavy (non-hydrogen) atoms. The molecule has 0 atom stereocenters. The van der Waals surface area contributed by atoms with Crippen molar-refractivity contribution in [2.24, 2.45) is 0 Å². The molecule has 0 aliphatic rings. The molecule has 3 aromatic rings. The Labute approximate surface area is 102 Å². The van der Waals surface area contributed by atoms with E-state index < -0.39 is 0 Å². The van der Waals surface area contributed by atoms with E-state index in [9.17, 15) is 4.79 Å². The van der Waals surface area contributed by atoms with E-state index in [2.05, 4.69) is 0 Å². The van der Waals surface area contributed by atoms with E-state index in [0.717, 1.165) is 5.56 Å². The van der Waals surface area contributed by atoms with E-state index >= 15 is 0 Å². The summed E-state index contributed by atoms with van der Waals surface area (Å²) >= 11 is 5.89. The van der Waals surface area contributed by atoms with Gasteiger partial charge >= 0.3 is 0 Å². The summed E-state index contributed by atoms with van der Waals surface area (Å²) in [6.45, 7) is 1.90. The Morgan fingerprint density at radius 1 is 1.12 bits per heavy atom. The molecule has 0 fully saturated rings. The van der Waals surface area contributed by atoms with Crippen molar-refractivity contribution in [2.75, 3.05) is 0 Å². The quantitative estimate of drug-likeness (QED) is 0.561. The molecule has 2 nitrogen and oxygen atoms in total. The van der Waals surface area contributed by atoms with Crippen LogP contribution in [0.4, 0.5) is 0 Å². The third-order valence-corrected chi connectivity index (χ3v) is 3.10. The van der Waals surface area contributed by atoms with Gasteiger partial charge in [0.05, 0.1) is 10.8 Å². The predicted molar refractivity (Wildman–Crippen MR) is 69.7 cm³/mol. The van der Waals surface area contributed by atoms with Crippen LogP contribution in [-0.4, -0.2) is 0 Å². The zero-order valence-corrected chi connectivity index (χ0v) is 9.91. The second-order valence-electron chi connectivity index (χ2n) is 4.02. The lowest BCUT2D eigenvalue weighted by Crippen LogP contribution is -2.03. The number of hydrogen-bond donors (Lipinski definition) is 0. The Kier molecular flexibility index (Phi) is 2.20. The summed E-state index contributed by atoms with van der Waals surface area (Å²) in [5, 5.41) is 1.77. The van der Waals surface area contributed by atoms with Crippen LogP contribution in [0.1, 0.15) is 5.56 Å². The standard InChI is InChI=1S/C14H9ClO2/c1-8-3-2-4-11-13(8)14(16)10-6-5-9(15)7-12(10)17-11/h2-7H,1H3. The summed E-state index contributed by atoms with van der Waals surface area (Å²) in [5.74, 6) is 0. The number of hydrogen-bond acceptors (Lipinski definition) is 2.